The molecule has 24 heavy (non-hydrogen) atoms. The van der Waals surface area contributed by atoms with E-state index in [4.69, 9.17) is 0 Å². The Hall–Kier alpha value is -2.13. The highest BCUT2D eigenvalue weighted by molar-refractivity contribution is 5.94. The van der Waals surface area contributed by atoms with Crippen molar-refractivity contribution in [2.75, 3.05) is 19.6 Å². The zero-order chi connectivity index (χ0) is 16.4. The van der Waals surface area contributed by atoms with E-state index in [9.17, 15) is 4.79 Å². The summed E-state index contributed by atoms with van der Waals surface area (Å²) in [5.74, 6) is 0.839. The Morgan fingerprint density at radius 3 is 2.50 bits per heavy atom. The van der Waals surface area contributed by atoms with Crippen LogP contribution >= 0.6 is 0 Å². The summed E-state index contributed by atoms with van der Waals surface area (Å²) in [4.78, 5) is 15.0. The van der Waals surface area contributed by atoms with Gasteiger partial charge in [-0.1, -0.05) is 42.5 Å². The Kier molecular flexibility index (Phi) is 4.35. The Morgan fingerprint density at radius 1 is 1.00 bits per heavy atom. The van der Waals surface area contributed by atoms with E-state index in [1.807, 2.05) is 18.2 Å². The van der Waals surface area contributed by atoms with Crippen molar-refractivity contribution in [3.8, 4) is 0 Å². The molecule has 3 heteroatoms. The predicted molar refractivity (Wildman–Crippen MR) is 96.1 cm³/mol. The maximum absolute atomic E-state index is 12.5. The van der Waals surface area contributed by atoms with E-state index in [2.05, 4.69) is 46.6 Å². The van der Waals surface area contributed by atoms with Crippen molar-refractivity contribution in [3.05, 3.63) is 71.3 Å². The number of fused-ring (bicyclic) bond motifs is 2. The van der Waals surface area contributed by atoms with Crippen molar-refractivity contribution < 1.29 is 4.79 Å². The van der Waals surface area contributed by atoms with Crippen molar-refractivity contribution in [1.29, 1.82) is 0 Å². The van der Waals surface area contributed by atoms with E-state index in [0.717, 1.165) is 30.9 Å². The first kappa shape index (κ1) is 15.4. The molecule has 1 amide bonds. The maximum atomic E-state index is 12.5. The number of hydrogen-bond donors (Lipinski definition) is 1. The molecule has 124 valence electrons. The quantitative estimate of drug-likeness (QED) is 0.939. The van der Waals surface area contributed by atoms with Crippen LogP contribution in [0.4, 0.5) is 0 Å². The highest BCUT2D eigenvalue weighted by atomic mass is 16.1. The number of nitrogens with zero attached hydrogens (tertiary/aromatic N) is 1. The first-order valence-corrected chi connectivity index (χ1v) is 8.92. The fourth-order valence-corrected chi connectivity index (χ4v) is 4.04. The molecule has 2 fully saturated rings. The Balaban J connectivity index is 1.36. The van der Waals surface area contributed by atoms with E-state index in [-0.39, 0.29) is 5.91 Å². The molecule has 2 aromatic rings. The molecule has 4 rings (SSSR count). The van der Waals surface area contributed by atoms with Gasteiger partial charge in [0.2, 0.25) is 0 Å². The summed E-state index contributed by atoms with van der Waals surface area (Å²) in [6, 6.07) is 18.8. The van der Waals surface area contributed by atoms with Gasteiger partial charge in [0.15, 0.2) is 0 Å². The lowest BCUT2D eigenvalue weighted by atomic mass is 9.96. The van der Waals surface area contributed by atoms with Gasteiger partial charge in [-0.15, -0.1) is 0 Å². The molecule has 2 aromatic carbocycles. The molecule has 0 aliphatic carbocycles. The van der Waals surface area contributed by atoms with Gasteiger partial charge >= 0.3 is 0 Å². The van der Waals surface area contributed by atoms with Crippen LogP contribution in [0.1, 0.15) is 34.3 Å². The zero-order valence-electron chi connectivity index (χ0n) is 13.9. The van der Waals surface area contributed by atoms with Crippen molar-refractivity contribution in [1.82, 2.24) is 10.2 Å². The lowest BCUT2D eigenvalue weighted by Gasteiger charge is -2.30. The zero-order valence-corrected chi connectivity index (χ0v) is 13.9. The Labute approximate surface area is 143 Å². The van der Waals surface area contributed by atoms with Gasteiger partial charge in [0.05, 0.1) is 0 Å². The molecule has 3 unspecified atom stereocenters. The fraction of sp³-hybridized carbons (Fsp3) is 0.381. The first-order chi connectivity index (χ1) is 11.8. The van der Waals surface area contributed by atoms with Crippen LogP contribution in [0.5, 0.6) is 0 Å². The summed E-state index contributed by atoms with van der Waals surface area (Å²) in [7, 11) is 0. The van der Waals surface area contributed by atoms with Gasteiger partial charge in [-0.05, 0) is 55.0 Å². The topological polar surface area (TPSA) is 32.3 Å². The van der Waals surface area contributed by atoms with Crippen LogP contribution in [0.15, 0.2) is 54.6 Å². The monoisotopic (exact) mass is 320 g/mol. The third kappa shape index (κ3) is 3.51. The van der Waals surface area contributed by atoms with Gasteiger partial charge in [0, 0.05) is 24.7 Å². The average Bonchev–Trinajstić information content (AvgIpc) is 2.95. The smallest absolute Gasteiger partial charge is 0.251 e. The molecule has 2 saturated heterocycles. The second-order valence-corrected chi connectivity index (χ2v) is 7.18. The predicted octanol–water partition coefficient (Wildman–Crippen LogP) is 3.10. The third-order valence-corrected chi connectivity index (χ3v) is 5.27. The molecule has 0 radical (unpaired) electrons. The van der Waals surface area contributed by atoms with E-state index in [1.54, 1.807) is 0 Å². The number of nitrogens with one attached hydrogen (secondary N) is 1. The number of carbonyl (C=O) groups excluding carboxylic acids is 1. The van der Waals surface area contributed by atoms with Crippen LogP contribution in [-0.2, 0) is 6.42 Å². The Morgan fingerprint density at radius 2 is 1.75 bits per heavy atom. The van der Waals surface area contributed by atoms with Crippen molar-refractivity contribution in [2.24, 2.45) is 5.92 Å². The number of rotatable bonds is 4. The van der Waals surface area contributed by atoms with E-state index >= 15 is 0 Å². The lowest BCUT2D eigenvalue weighted by molar-refractivity contribution is 0.0909. The van der Waals surface area contributed by atoms with E-state index < -0.39 is 0 Å². The van der Waals surface area contributed by atoms with Crippen LogP contribution in [0.2, 0.25) is 0 Å². The number of carbonyl (C=O) groups is 1. The molecule has 2 aliphatic heterocycles. The van der Waals surface area contributed by atoms with Crippen LogP contribution in [0.25, 0.3) is 0 Å². The van der Waals surface area contributed by atoms with Crippen molar-refractivity contribution in [2.45, 2.75) is 25.3 Å². The fourth-order valence-electron chi connectivity index (χ4n) is 4.04. The minimum atomic E-state index is 0.0637. The number of benzene rings is 2. The van der Waals surface area contributed by atoms with Crippen LogP contribution < -0.4 is 5.32 Å². The highest BCUT2D eigenvalue weighted by Crippen LogP contribution is 2.26. The molecule has 0 spiro atoms. The van der Waals surface area contributed by atoms with Crippen LogP contribution in [0, 0.1) is 5.92 Å². The van der Waals surface area contributed by atoms with Gasteiger partial charge in [0.1, 0.15) is 0 Å². The van der Waals surface area contributed by atoms with Crippen LogP contribution in [0.3, 0.4) is 0 Å². The van der Waals surface area contributed by atoms with Crippen molar-refractivity contribution in [3.63, 3.8) is 0 Å². The first-order valence-electron chi connectivity index (χ1n) is 8.92. The summed E-state index contributed by atoms with van der Waals surface area (Å²) in [6.45, 7) is 3.43. The summed E-state index contributed by atoms with van der Waals surface area (Å²) >= 11 is 0. The molecule has 0 aromatic heterocycles. The molecule has 2 heterocycles. The van der Waals surface area contributed by atoms with Gasteiger partial charge in [-0.3, -0.25) is 4.79 Å². The van der Waals surface area contributed by atoms with Gasteiger partial charge in [-0.2, -0.15) is 0 Å². The molecule has 2 bridgehead atoms. The Bertz CT molecular complexity index is 684. The summed E-state index contributed by atoms with van der Waals surface area (Å²) in [6.07, 6.45) is 3.33. The van der Waals surface area contributed by atoms with E-state index in [1.165, 1.54) is 30.6 Å². The molecule has 3 atom stereocenters. The summed E-state index contributed by atoms with van der Waals surface area (Å²) < 4.78 is 0. The second-order valence-electron chi connectivity index (χ2n) is 7.18. The molecular weight excluding hydrogens is 296 g/mol. The summed E-state index contributed by atoms with van der Waals surface area (Å²) in [5, 5.41) is 3.22. The minimum Gasteiger partial charge on any atom is -0.348 e. The molecular formula is C21H24N2O. The molecule has 0 saturated carbocycles. The number of hydrogen-bond acceptors (Lipinski definition) is 2. The molecule has 1 N–H and O–H groups in total. The summed E-state index contributed by atoms with van der Waals surface area (Å²) in [5.41, 5.74) is 3.29. The van der Waals surface area contributed by atoms with Gasteiger partial charge < -0.3 is 10.2 Å². The number of piperidine rings is 1. The maximum Gasteiger partial charge on any atom is 0.251 e. The minimum absolute atomic E-state index is 0.0637. The van der Waals surface area contributed by atoms with Crippen molar-refractivity contribution >= 4 is 5.91 Å². The van der Waals surface area contributed by atoms with Gasteiger partial charge in [0.25, 0.3) is 5.91 Å². The third-order valence-electron chi connectivity index (χ3n) is 5.27. The standard InChI is InChI=1S/C21H24N2O/c24-21(22-20-13-18-10-11-23(14-18)15-20)19-8-6-17(7-9-19)12-16-4-2-1-3-5-16/h1-9,18,20H,10-15H2,(H,22,24). The SMILES string of the molecule is O=C(NC1CC2CCN(C2)C1)c1ccc(Cc2ccccc2)cc1. The lowest BCUT2D eigenvalue weighted by Crippen LogP contribution is -2.47. The molecule has 2 aliphatic rings. The average molecular weight is 320 g/mol. The number of amides is 1. The van der Waals surface area contributed by atoms with E-state index in [0.29, 0.717) is 6.04 Å². The second kappa shape index (κ2) is 6.78. The van der Waals surface area contributed by atoms with Gasteiger partial charge in [-0.25, -0.2) is 0 Å². The molecule has 3 nitrogen and oxygen atoms in total. The largest absolute Gasteiger partial charge is 0.348 e. The highest BCUT2D eigenvalue weighted by Gasteiger charge is 2.32. The van der Waals surface area contributed by atoms with Crippen LogP contribution in [-0.4, -0.2) is 36.5 Å². The normalized spacial score (nSPS) is 25.4.